The van der Waals surface area contributed by atoms with Crippen molar-refractivity contribution in [1.82, 2.24) is 9.80 Å². The van der Waals surface area contributed by atoms with Crippen LogP contribution in [0.1, 0.15) is 25.7 Å². The van der Waals surface area contributed by atoms with Gasteiger partial charge in [0, 0.05) is 52.5 Å². The fourth-order valence-electron chi connectivity index (χ4n) is 4.15. The molecule has 2 N–H and O–H groups in total. The summed E-state index contributed by atoms with van der Waals surface area (Å²) in [5, 5.41) is 0. The third-order valence-electron chi connectivity index (χ3n) is 5.72. The van der Waals surface area contributed by atoms with E-state index < -0.39 is 0 Å². The van der Waals surface area contributed by atoms with Gasteiger partial charge in [0.2, 0.25) is 5.91 Å². The van der Waals surface area contributed by atoms with E-state index in [2.05, 4.69) is 9.80 Å². The molecular formula is C17H31N3O3. The van der Waals surface area contributed by atoms with Gasteiger partial charge in [0.05, 0.1) is 18.6 Å². The highest BCUT2D eigenvalue weighted by Crippen LogP contribution is 2.33. The second-order valence-corrected chi connectivity index (χ2v) is 7.27. The molecule has 1 amide bonds. The van der Waals surface area contributed by atoms with Crippen molar-refractivity contribution in [1.29, 1.82) is 0 Å². The zero-order valence-electron chi connectivity index (χ0n) is 14.2. The van der Waals surface area contributed by atoms with E-state index in [1.54, 1.807) is 0 Å². The Balaban J connectivity index is 1.57. The molecule has 3 heterocycles. The largest absolute Gasteiger partial charge is 0.381 e. The minimum atomic E-state index is -0.376. The number of carbonyl (C=O) groups excluding carboxylic acids is 1. The molecule has 0 aliphatic carbocycles. The molecule has 3 saturated heterocycles. The molecule has 3 aliphatic heterocycles. The highest BCUT2D eigenvalue weighted by Gasteiger charge is 2.42. The summed E-state index contributed by atoms with van der Waals surface area (Å²) in [4.78, 5) is 17.7. The van der Waals surface area contributed by atoms with Gasteiger partial charge in [-0.2, -0.15) is 0 Å². The number of likely N-dealkylation sites (tertiary alicyclic amines) is 1. The van der Waals surface area contributed by atoms with Crippen LogP contribution in [0, 0.1) is 11.3 Å². The summed E-state index contributed by atoms with van der Waals surface area (Å²) in [6, 6.07) is 0. The molecule has 1 unspecified atom stereocenters. The maximum atomic E-state index is 13.1. The van der Waals surface area contributed by atoms with Crippen molar-refractivity contribution in [3.63, 3.8) is 0 Å². The van der Waals surface area contributed by atoms with Crippen molar-refractivity contribution in [3.05, 3.63) is 0 Å². The number of ether oxygens (including phenoxy) is 2. The Morgan fingerprint density at radius 2 is 1.78 bits per heavy atom. The minimum absolute atomic E-state index is 0.273. The zero-order chi connectivity index (χ0) is 16.1. The van der Waals surface area contributed by atoms with E-state index in [-0.39, 0.29) is 11.3 Å². The number of nitrogens with zero attached hydrogens (tertiary/aromatic N) is 2. The number of piperidine rings is 1. The highest BCUT2D eigenvalue weighted by atomic mass is 16.5. The van der Waals surface area contributed by atoms with Crippen molar-refractivity contribution in [2.75, 3.05) is 65.7 Å². The second-order valence-electron chi connectivity index (χ2n) is 7.27. The summed E-state index contributed by atoms with van der Waals surface area (Å²) in [6.07, 6.45) is 3.87. The lowest BCUT2D eigenvalue weighted by molar-refractivity contribution is -0.149. The van der Waals surface area contributed by atoms with Crippen LogP contribution < -0.4 is 5.73 Å². The zero-order valence-corrected chi connectivity index (χ0v) is 14.2. The van der Waals surface area contributed by atoms with Gasteiger partial charge < -0.3 is 20.1 Å². The topological polar surface area (TPSA) is 68.0 Å². The van der Waals surface area contributed by atoms with Crippen LogP contribution in [-0.2, 0) is 14.3 Å². The monoisotopic (exact) mass is 325 g/mol. The lowest BCUT2D eigenvalue weighted by Gasteiger charge is -2.42. The molecule has 0 radical (unpaired) electrons. The highest BCUT2D eigenvalue weighted by molar-refractivity contribution is 5.83. The summed E-state index contributed by atoms with van der Waals surface area (Å²) in [7, 11) is 0. The van der Waals surface area contributed by atoms with E-state index in [0.717, 1.165) is 65.2 Å². The lowest BCUT2D eigenvalue weighted by Crippen LogP contribution is -2.54. The Kier molecular flexibility index (Phi) is 5.91. The predicted molar refractivity (Wildman–Crippen MR) is 88.1 cm³/mol. The Bertz CT molecular complexity index is 393. The number of carbonyl (C=O) groups is 1. The van der Waals surface area contributed by atoms with Crippen LogP contribution in [0.15, 0.2) is 0 Å². The van der Waals surface area contributed by atoms with Crippen LogP contribution in [0.2, 0.25) is 0 Å². The summed E-state index contributed by atoms with van der Waals surface area (Å²) in [5.74, 6) is 0.857. The lowest BCUT2D eigenvalue weighted by atomic mass is 9.78. The van der Waals surface area contributed by atoms with E-state index in [1.165, 1.54) is 6.42 Å². The van der Waals surface area contributed by atoms with Gasteiger partial charge in [-0.25, -0.2) is 0 Å². The van der Waals surface area contributed by atoms with Gasteiger partial charge in [-0.05, 0) is 31.6 Å². The number of morpholine rings is 1. The fourth-order valence-corrected chi connectivity index (χ4v) is 4.15. The Labute approximate surface area is 139 Å². The first-order valence-corrected chi connectivity index (χ1v) is 9.11. The molecule has 0 spiro atoms. The molecule has 1 atom stereocenters. The van der Waals surface area contributed by atoms with Crippen LogP contribution >= 0.6 is 0 Å². The number of nitrogens with two attached hydrogens (primary N) is 1. The normalized spacial score (nSPS) is 29.4. The maximum absolute atomic E-state index is 13.1. The average molecular weight is 325 g/mol. The smallest absolute Gasteiger partial charge is 0.230 e. The number of rotatable bonds is 4. The summed E-state index contributed by atoms with van der Waals surface area (Å²) < 4.78 is 10.9. The number of amides is 1. The van der Waals surface area contributed by atoms with Gasteiger partial charge in [0.15, 0.2) is 0 Å². The molecule has 3 aliphatic rings. The third-order valence-corrected chi connectivity index (χ3v) is 5.72. The summed E-state index contributed by atoms with van der Waals surface area (Å²) in [6.45, 7) is 8.36. The van der Waals surface area contributed by atoms with Crippen molar-refractivity contribution < 1.29 is 14.3 Å². The van der Waals surface area contributed by atoms with Gasteiger partial charge in [-0.3, -0.25) is 9.69 Å². The molecule has 3 fully saturated rings. The first kappa shape index (κ1) is 17.1. The average Bonchev–Trinajstić information content (AvgIpc) is 2.63. The van der Waals surface area contributed by atoms with E-state index >= 15 is 0 Å². The molecule has 0 saturated carbocycles. The Morgan fingerprint density at radius 3 is 2.48 bits per heavy atom. The Hall–Kier alpha value is -0.690. The van der Waals surface area contributed by atoms with Crippen molar-refractivity contribution in [3.8, 4) is 0 Å². The second kappa shape index (κ2) is 7.92. The van der Waals surface area contributed by atoms with E-state index in [4.69, 9.17) is 15.2 Å². The van der Waals surface area contributed by atoms with Crippen LogP contribution in [0.4, 0.5) is 0 Å². The molecule has 6 heteroatoms. The minimum Gasteiger partial charge on any atom is -0.381 e. The van der Waals surface area contributed by atoms with Crippen molar-refractivity contribution in [2.45, 2.75) is 25.7 Å². The molecule has 0 aromatic rings. The van der Waals surface area contributed by atoms with Gasteiger partial charge in [0.25, 0.3) is 0 Å². The quantitative estimate of drug-likeness (QED) is 0.806. The van der Waals surface area contributed by atoms with E-state index in [1.807, 2.05) is 0 Å². The SMILES string of the molecule is NCC1(C(=O)N2CCCC(CN3CCOCC3)C2)CCOCC1. The fraction of sp³-hybridized carbons (Fsp3) is 0.941. The van der Waals surface area contributed by atoms with Gasteiger partial charge in [0.1, 0.15) is 0 Å². The predicted octanol–water partition coefficient (Wildman–Crippen LogP) is 0.313. The van der Waals surface area contributed by atoms with Crippen molar-refractivity contribution in [2.24, 2.45) is 17.1 Å². The standard InChI is InChI=1S/C17H31N3O3/c18-14-17(3-8-22-9-4-17)16(21)20-5-1-2-15(13-20)12-19-6-10-23-11-7-19/h15H,1-14,18H2. The van der Waals surface area contributed by atoms with Gasteiger partial charge >= 0.3 is 0 Å². The van der Waals surface area contributed by atoms with Gasteiger partial charge in [-0.15, -0.1) is 0 Å². The molecule has 0 aromatic heterocycles. The summed E-state index contributed by atoms with van der Waals surface area (Å²) >= 11 is 0. The molecule has 23 heavy (non-hydrogen) atoms. The van der Waals surface area contributed by atoms with Gasteiger partial charge in [-0.1, -0.05) is 0 Å². The number of hydrogen-bond acceptors (Lipinski definition) is 5. The third kappa shape index (κ3) is 4.05. The first-order valence-electron chi connectivity index (χ1n) is 9.11. The molecule has 3 rings (SSSR count). The summed E-state index contributed by atoms with van der Waals surface area (Å²) in [5.41, 5.74) is 5.63. The first-order chi connectivity index (χ1) is 11.2. The van der Waals surface area contributed by atoms with E-state index in [0.29, 0.717) is 25.7 Å². The molecular weight excluding hydrogens is 294 g/mol. The molecule has 6 nitrogen and oxygen atoms in total. The Morgan fingerprint density at radius 1 is 1.09 bits per heavy atom. The van der Waals surface area contributed by atoms with E-state index in [9.17, 15) is 4.79 Å². The van der Waals surface area contributed by atoms with Crippen molar-refractivity contribution >= 4 is 5.91 Å². The maximum Gasteiger partial charge on any atom is 0.230 e. The van der Waals surface area contributed by atoms with Crippen LogP contribution in [0.25, 0.3) is 0 Å². The number of hydrogen-bond donors (Lipinski definition) is 1. The van der Waals surface area contributed by atoms with Crippen LogP contribution in [0.5, 0.6) is 0 Å². The van der Waals surface area contributed by atoms with Crippen LogP contribution in [-0.4, -0.2) is 81.4 Å². The molecule has 0 aromatic carbocycles. The molecule has 0 bridgehead atoms. The van der Waals surface area contributed by atoms with Crippen LogP contribution in [0.3, 0.4) is 0 Å². The molecule has 132 valence electrons.